The predicted molar refractivity (Wildman–Crippen MR) is 96.3 cm³/mol. The van der Waals surface area contributed by atoms with Crippen molar-refractivity contribution in [1.82, 2.24) is 5.32 Å². The van der Waals surface area contributed by atoms with Crippen LogP contribution in [0.1, 0.15) is 33.3 Å². The molecule has 1 atom stereocenters. The Kier molecular flexibility index (Phi) is 5.82. The minimum absolute atomic E-state index is 0.0371. The lowest BCUT2D eigenvalue weighted by Crippen LogP contribution is -2.31. The van der Waals surface area contributed by atoms with E-state index in [9.17, 15) is 14.0 Å². The second-order valence-electron chi connectivity index (χ2n) is 5.84. The number of amides is 1. The Morgan fingerprint density at radius 3 is 2.43 bits per heavy atom. The molecule has 1 heterocycles. The summed E-state index contributed by atoms with van der Waals surface area (Å²) in [7, 11) is 0. The van der Waals surface area contributed by atoms with E-state index in [1.807, 2.05) is 6.07 Å². The fraction of sp³-hybridized carbons (Fsp3) is 0.0952. The first-order chi connectivity index (χ1) is 13.6. The van der Waals surface area contributed by atoms with Crippen LogP contribution in [0.25, 0.3) is 0 Å². The van der Waals surface area contributed by atoms with Gasteiger partial charge in [-0.15, -0.1) is 0 Å². The van der Waals surface area contributed by atoms with E-state index in [2.05, 4.69) is 5.32 Å². The molecule has 1 N–H and O–H groups in total. The van der Waals surface area contributed by atoms with Crippen molar-refractivity contribution >= 4 is 11.9 Å². The molecule has 1 aromatic heterocycles. The highest BCUT2D eigenvalue weighted by molar-refractivity contribution is 5.90. The number of rotatable bonds is 6. The average Bonchev–Trinajstić information content (AvgIpc) is 3.26. The molecule has 28 heavy (non-hydrogen) atoms. The van der Waals surface area contributed by atoms with Crippen molar-refractivity contribution in [3.63, 3.8) is 0 Å². The highest BCUT2D eigenvalue weighted by Gasteiger charge is 2.26. The zero-order valence-corrected chi connectivity index (χ0v) is 14.6. The number of nitrogens with zero attached hydrogens (tertiary/aromatic N) is 1. The number of hydrogen-bond donors (Lipinski definition) is 1. The number of carbonyl (C=O) groups is 2. The van der Waals surface area contributed by atoms with Gasteiger partial charge in [0.1, 0.15) is 5.82 Å². The smallest absolute Gasteiger partial charge is 0.375 e. The topological polar surface area (TPSA) is 92.3 Å². The number of esters is 1. The fourth-order valence-corrected chi connectivity index (χ4v) is 2.45. The molecule has 0 saturated carbocycles. The van der Waals surface area contributed by atoms with Crippen LogP contribution in [0.3, 0.4) is 0 Å². The van der Waals surface area contributed by atoms with E-state index >= 15 is 0 Å². The van der Waals surface area contributed by atoms with E-state index < -0.39 is 18.0 Å². The van der Waals surface area contributed by atoms with Crippen molar-refractivity contribution in [3.8, 4) is 6.07 Å². The maximum atomic E-state index is 13.0. The van der Waals surface area contributed by atoms with Gasteiger partial charge in [0.2, 0.25) is 11.9 Å². The Morgan fingerprint density at radius 2 is 1.82 bits per heavy atom. The summed E-state index contributed by atoms with van der Waals surface area (Å²) in [6.45, 7) is 0.129. The molecule has 0 saturated heterocycles. The third-order valence-electron chi connectivity index (χ3n) is 3.91. The Bertz CT molecular complexity index is 990. The van der Waals surface area contributed by atoms with Crippen LogP contribution in [-0.2, 0) is 16.1 Å². The molecule has 1 amide bonds. The Hall–Kier alpha value is -3.92. The monoisotopic (exact) mass is 378 g/mol. The zero-order valence-electron chi connectivity index (χ0n) is 14.6. The molecule has 0 spiro atoms. The van der Waals surface area contributed by atoms with Crippen LogP contribution in [0, 0.1) is 17.1 Å². The lowest BCUT2D eigenvalue weighted by Gasteiger charge is -2.17. The van der Waals surface area contributed by atoms with E-state index in [-0.39, 0.29) is 18.1 Å². The molecule has 1 unspecified atom stereocenters. The standard InChI is InChI=1S/C21H15FN2O4/c22-17-9-5-15(6-10-17)13-24-20(25)19(16-7-3-14(12-23)4-8-16)28-21(26)18-2-1-11-27-18/h1-11,19H,13H2,(H,24,25). The molecule has 2 aromatic carbocycles. The van der Waals surface area contributed by atoms with Gasteiger partial charge in [0, 0.05) is 12.1 Å². The number of nitrogens with one attached hydrogen (secondary N) is 1. The van der Waals surface area contributed by atoms with Gasteiger partial charge in [-0.1, -0.05) is 24.3 Å². The molecule has 0 aliphatic rings. The Morgan fingerprint density at radius 1 is 1.11 bits per heavy atom. The van der Waals surface area contributed by atoms with Gasteiger partial charge in [0.25, 0.3) is 5.91 Å². The van der Waals surface area contributed by atoms with Crippen molar-refractivity contribution in [3.05, 3.63) is 95.2 Å². The van der Waals surface area contributed by atoms with Gasteiger partial charge < -0.3 is 14.5 Å². The molecule has 0 radical (unpaired) electrons. The number of halogens is 1. The maximum Gasteiger partial charge on any atom is 0.375 e. The summed E-state index contributed by atoms with van der Waals surface area (Å²) < 4.78 is 23.3. The first-order valence-electron chi connectivity index (χ1n) is 8.33. The molecule has 6 nitrogen and oxygen atoms in total. The van der Waals surface area contributed by atoms with Gasteiger partial charge in [-0.3, -0.25) is 4.79 Å². The molecule has 0 fully saturated rings. The minimum Gasteiger partial charge on any atom is -0.457 e. The Balaban J connectivity index is 1.77. The Labute approximate surface area is 160 Å². The van der Waals surface area contributed by atoms with Gasteiger partial charge in [0.05, 0.1) is 17.9 Å². The van der Waals surface area contributed by atoms with E-state index in [0.29, 0.717) is 16.7 Å². The molecule has 0 bridgehead atoms. The van der Waals surface area contributed by atoms with Crippen molar-refractivity contribution < 1.29 is 23.1 Å². The van der Waals surface area contributed by atoms with Crippen LogP contribution in [-0.4, -0.2) is 11.9 Å². The maximum absolute atomic E-state index is 13.0. The molecule has 3 rings (SSSR count). The third kappa shape index (κ3) is 4.62. The molecule has 3 aromatic rings. The summed E-state index contributed by atoms with van der Waals surface area (Å²) in [5.41, 5.74) is 1.49. The van der Waals surface area contributed by atoms with E-state index in [0.717, 1.165) is 0 Å². The van der Waals surface area contributed by atoms with Crippen LogP contribution >= 0.6 is 0 Å². The van der Waals surface area contributed by atoms with Gasteiger partial charge in [0.15, 0.2) is 0 Å². The van der Waals surface area contributed by atoms with Crippen LogP contribution < -0.4 is 5.32 Å². The van der Waals surface area contributed by atoms with Gasteiger partial charge in [-0.05, 0) is 42.0 Å². The van der Waals surface area contributed by atoms with Crippen LogP contribution in [0.4, 0.5) is 4.39 Å². The SMILES string of the molecule is N#Cc1ccc(C(OC(=O)c2ccco2)C(=O)NCc2ccc(F)cc2)cc1. The number of hydrogen-bond acceptors (Lipinski definition) is 5. The van der Waals surface area contributed by atoms with Crippen LogP contribution in [0.2, 0.25) is 0 Å². The summed E-state index contributed by atoms with van der Waals surface area (Å²) in [5.74, 6) is -1.77. The molecule has 7 heteroatoms. The predicted octanol–water partition coefficient (Wildman–Crippen LogP) is 3.50. The molecular formula is C21H15FN2O4. The fourth-order valence-electron chi connectivity index (χ4n) is 2.45. The number of furan rings is 1. The highest BCUT2D eigenvalue weighted by Crippen LogP contribution is 2.21. The average molecular weight is 378 g/mol. The number of ether oxygens (including phenoxy) is 1. The summed E-state index contributed by atoms with van der Waals surface area (Å²) in [5, 5.41) is 11.6. The van der Waals surface area contributed by atoms with E-state index in [1.165, 1.54) is 54.8 Å². The number of nitriles is 1. The number of benzene rings is 2. The number of carbonyl (C=O) groups excluding carboxylic acids is 2. The largest absolute Gasteiger partial charge is 0.457 e. The zero-order chi connectivity index (χ0) is 19.9. The van der Waals surface area contributed by atoms with Gasteiger partial charge >= 0.3 is 5.97 Å². The second-order valence-corrected chi connectivity index (χ2v) is 5.84. The first-order valence-corrected chi connectivity index (χ1v) is 8.33. The lowest BCUT2D eigenvalue weighted by atomic mass is 10.1. The summed E-state index contributed by atoms with van der Waals surface area (Å²) in [4.78, 5) is 24.9. The first kappa shape index (κ1) is 18.9. The van der Waals surface area contributed by atoms with Crippen molar-refractivity contribution in [1.29, 1.82) is 5.26 Å². The normalized spacial score (nSPS) is 11.3. The van der Waals surface area contributed by atoms with Crippen molar-refractivity contribution in [2.75, 3.05) is 0 Å². The molecule has 140 valence electrons. The van der Waals surface area contributed by atoms with Crippen LogP contribution in [0.15, 0.2) is 71.3 Å². The van der Waals surface area contributed by atoms with Gasteiger partial charge in [-0.2, -0.15) is 5.26 Å². The van der Waals surface area contributed by atoms with Crippen LogP contribution in [0.5, 0.6) is 0 Å². The summed E-state index contributed by atoms with van der Waals surface area (Å²) in [6, 6.07) is 16.7. The lowest BCUT2D eigenvalue weighted by molar-refractivity contribution is -0.130. The molecular weight excluding hydrogens is 363 g/mol. The molecule has 0 aliphatic carbocycles. The third-order valence-corrected chi connectivity index (χ3v) is 3.91. The quantitative estimate of drug-likeness (QED) is 0.663. The second kappa shape index (κ2) is 8.64. The summed E-state index contributed by atoms with van der Waals surface area (Å²) >= 11 is 0. The highest BCUT2D eigenvalue weighted by atomic mass is 19.1. The summed E-state index contributed by atoms with van der Waals surface area (Å²) in [6.07, 6.45) is 0.0767. The van der Waals surface area contributed by atoms with Crippen molar-refractivity contribution in [2.45, 2.75) is 12.6 Å². The molecule has 0 aliphatic heterocycles. The van der Waals surface area contributed by atoms with E-state index in [1.54, 1.807) is 12.1 Å². The van der Waals surface area contributed by atoms with E-state index in [4.69, 9.17) is 14.4 Å². The minimum atomic E-state index is -1.24. The van der Waals surface area contributed by atoms with Crippen molar-refractivity contribution in [2.24, 2.45) is 0 Å². The van der Waals surface area contributed by atoms with Gasteiger partial charge in [-0.25, -0.2) is 9.18 Å².